The smallest absolute Gasteiger partial charge is 0.358 e. The van der Waals surface area contributed by atoms with Gasteiger partial charge in [-0.25, -0.2) is 0 Å². The van der Waals surface area contributed by atoms with Crippen molar-refractivity contribution in [3.8, 4) is 0 Å². The minimum atomic E-state index is 0. The fourth-order valence-electron chi connectivity index (χ4n) is 0.876. The first-order valence-electron chi connectivity index (χ1n) is 3.15. The number of hydrogen-bond donors (Lipinski definition) is 0. The second-order valence-electron chi connectivity index (χ2n) is 1.88. The van der Waals surface area contributed by atoms with Gasteiger partial charge >= 0.3 is 55.0 Å². The standard InChI is InChI=1S/C5H9I.3CO.CH3.W/c6-5-3-1-2-4-5;3*1-2;;/h5H,1-4H2;;;;1H3;/q;;;;-1;+2. The van der Waals surface area contributed by atoms with Crippen LogP contribution in [0.2, 0.25) is 0 Å². The van der Waals surface area contributed by atoms with Crippen molar-refractivity contribution in [1.29, 1.82) is 0 Å². The largest absolute Gasteiger partial charge is 2.00 e. The van der Waals surface area contributed by atoms with E-state index in [9.17, 15) is 0 Å². The molecule has 1 aliphatic carbocycles. The van der Waals surface area contributed by atoms with Crippen LogP contribution in [-0.4, -0.2) is 3.92 Å². The number of alkyl halides is 1. The van der Waals surface area contributed by atoms with Crippen LogP contribution in [0.3, 0.4) is 0 Å². The molecule has 0 heterocycles. The van der Waals surface area contributed by atoms with Crippen molar-refractivity contribution < 1.29 is 35.0 Å². The molecule has 1 fully saturated rings. The molecule has 0 atom stereocenters. The Morgan fingerprint density at radius 1 is 0.857 bits per heavy atom. The van der Waals surface area contributed by atoms with E-state index in [0.717, 1.165) is 3.92 Å². The molecule has 0 radical (unpaired) electrons. The van der Waals surface area contributed by atoms with Crippen molar-refractivity contribution in [2.75, 3.05) is 0 Å². The number of hydrogen-bond acceptors (Lipinski definition) is 0. The first-order valence-corrected chi connectivity index (χ1v) is 4.39. The SMILES string of the molecule is IC1CCCC1.[C-]#[O+].[C-]#[O+].[C-]#[O+].[CH3-].[W+2]. The van der Waals surface area contributed by atoms with Gasteiger partial charge in [-0.2, -0.15) is 0 Å². The van der Waals surface area contributed by atoms with Gasteiger partial charge in [0.15, 0.2) is 0 Å². The normalized spacial score (nSPS) is 11.4. The van der Waals surface area contributed by atoms with Crippen LogP contribution in [0.25, 0.3) is 0 Å². The molecule has 0 N–H and O–H groups in total. The molecule has 0 amide bonds. The summed E-state index contributed by atoms with van der Waals surface area (Å²) in [5, 5.41) is 0. The summed E-state index contributed by atoms with van der Waals surface area (Å²) in [7, 11) is 0. The first kappa shape index (κ1) is 29.3. The zero-order valence-corrected chi connectivity index (χ0v) is 13.0. The van der Waals surface area contributed by atoms with E-state index < -0.39 is 0 Å². The summed E-state index contributed by atoms with van der Waals surface area (Å²) < 4.78 is 23.5. The van der Waals surface area contributed by atoms with Gasteiger partial charge in [0.05, 0.1) is 0 Å². The predicted molar refractivity (Wildman–Crippen MR) is 54.5 cm³/mol. The van der Waals surface area contributed by atoms with Crippen molar-refractivity contribution in [3.05, 3.63) is 27.4 Å². The average molecular weight is 479 g/mol. The van der Waals surface area contributed by atoms with Crippen LogP contribution in [0.5, 0.6) is 0 Å². The summed E-state index contributed by atoms with van der Waals surface area (Å²) in [5.74, 6) is 0. The molecular weight excluding hydrogens is 467 g/mol. The number of rotatable bonds is 0. The molecule has 0 bridgehead atoms. The van der Waals surface area contributed by atoms with Gasteiger partial charge in [0.2, 0.25) is 0 Å². The topological polar surface area (TPSA) is 59.7 Å². The van der Waals surface area contributed by atoms with Gasteiger partial charge < -0.3 is 7.43 Å². The molecule has 1 rings (SSSR count). The Morgan fingerprint density at radius 2 is 1.07 bits per heavy atom. The molecular formula is C9H12IO3W+. The van der Waals surface area contributed by atoms with Crippen LogP contribution in [0.15, 0.2) is 0 Å². The minimum Gasteiger partial charge on any atom is -0.358 e. The van der Waals surface area contributed by atoms with E-state index >= 15 is 0 Å². The number of halogens is 1. The quantitative estimate of drug-likeness (QED) is 0.222. The van der Waals surface area contributed by atoms with E-state index in [4.69, 9.17) is 14.0 Å². The molecule has 14 heavy (non-hydrogen) atoms. The summed E-state index contributed by atoms with van der Waals surface area (Å²) >= 11 is 2.53. The molecule has 0 aromatic heterocycles. The zero-order valence-electron chi connectivity index (χ0n) is 7.92. The predicted octanol–water partition coefficient (Wildman–Crippen LogP) is 2.70. The molecule has 0 spiro atoms. The van der Waals surface area contributed by atoms with Crippen LogP contribution in [0.4, 0.5) is 0 Å². The van der Waals surface area contributed by atoms with E-state index in [1.54, 1.807) is 0 Å². The van der Waals surface area contributed by atoms with Gasteiger partial charge in [-0.05, 0) is 12.8 Å². The summed E-state index contributed by atoms with van der Waals surface area (Å²) in [5.41, 5.74) is 0. The second kappa shape index (κ2) is 37.3. The summed E-state index contributed by atoms with van der Waals surface area (Å²) in [4.78, 5) is 0. The van der Waals surface area contributed by atoms with Crippen molar-refractivity contribution in [1.82, 2.24) is 0 Å². The van der Waals surface area contributed by atoms with Gasteiger partial charge in [-0.3, -0.25) is 0 Å². The van der Waals surface area contributed by atoms with Gasteiger partial charge in [-0.15, -0.1) is 0 Å². The minimum absolute atomic E-state index is 0. The zero-order chi connectivity index (χ0) is 10.4. The molecule has 5 heteroatoms. The maximum Gasteiger partial charge on any atom is 2.00 e. The Kier molecular flexibility index (Phi) is 78.2. The van der Waals surface area contributed by atoms with Crippen LogP contribution in [-0.2, 0) is 35.0 Å². The summed E-state index contributed by atoms with van der Waals surface area (Å²) in [6.07, 6.45) is 5.91. The Bertz CT molecular complexity index is 113. The van der Waals surface area contributed by atoms with Crippen LogP contribution >= 0.6 is 22.6 Å². The molecule has 78 valence electrons. The van der Waals surface area contributed by atoms with E-state index in [1.165, 1.54) is 25.7 Å². The second-order valence-corrected chi connectivity index (χ2v) is 3.64. The third-order valence-corrected chi connectivity index (χ3v) is 2.53. The van der Waals surface area contributed by atoms with Crippen LogP contribution in [0, 0.1) is 27.4 Å². The van der Waals surface area contributed by atoms with E-state index in [0.29, 0.717) is 0 Å². The summed E-state index contributed by atoms with van der Waals surface area (Å²) in [6, 6.07) is 0. The third kappa shape index (κ3) is 29.3. The molecule has 0 unspecified atom stereocenters. The van der Waals surface area contributed by atoms with E-state index in [-0.39, 0.29) is 28.5 Å². The maximum absolute atomic E-state index is 7.50. The Morgan fingerprint density at radius 3 is 1.14 bits per heavy atom. The maximum atomic E-state index is 7.50. The van der Waals surface area contributed by atoms with E-state index in [1.807, 2.05) is 0 Å². The van der Waals surface area contributed by atoms with Crippen molar-refractivity contribution in [2.24, 2.45) is 0 Å². The Hall–Kier alpha value is 0.638. The van der Waals surface area contributed by atoms with Gasteiger partial charge in [0.25, 0.3) is 0 Å². The molecule has 1 saturated carbocycles. The average Bonchev–Trinajstić information content (AvgIpc) is 2.66. The van der Waals surface area contributed by atoms with Gasteiger partial charge in [0.1, 0.15) is 0 Å². The van der Waals surface area contributed by atoms with Crippen LogP contribution in [0.1, 0.15) is 25.7 Å². The molecule has 0 aliphatic heterocycles. The van der Waals surface area contributed by atoms with Crippen molar-refractivity contribution in [2.45, 2.75) is 29.6 Å². The molecule has 0 aromatic carbocycles. The van der Waals surface area contributed by atoms with Gasteiger partial charge in [-0.1, -0.05) is 35.4 Å². The van der Waals surface area contributed by atoms with E-state index in [2.05, 4.69) is 42.5 Å². The van der Waals surface area contributed by atoms with Crippen molar-refractivity contribution >= 4 is 22.6 Å². The summed E-state index contributed by atoms with van der Waals surface area (Å²) in [6.45, 7) is 13.5. The van der Waals surface area contributed by atoms with Crippen LogP contribution < -0.4 is 0 Å². The first-order chi connectivity index (χ1) is 5.89. The fraction of sp³-hybridized carbons (Fsp3) is 0.556. The Balaban J connectivity index is -0.0000000300. The fourth-order valence-corrected chi connectivity index (χ4v) is 1.76. The molecule has 0 aromatic rings. The molecule has 1 aliphatic rings. The van der Waals surface area contributed by atoms with Crippen molar-refractivity contribution in [3.63, 3.8) is 0 Å². The third-order valence-electron chi connectivity index (χ3n) is 1.28. The van der Waals surface area contributed by atoms with Gasteiger partial charge in [0, 0.05) is 3.92 Å². The monoisotopic (exact) mass is 479 g/mol. The molecule has 3 nitrogen and oxygen atoms in total. The Labute approximate surface area is 114 Å². The molecule has 0 saturated heterocycles.